The molecular formula is C17H35NO2S. The minimum atomic E-state index is -2.80. The number of hydrogen-bond acceptors (Lipinski definition) is 3. The maximum absolute atomic E-state index is 11.6. The summed E-state index contributed by atoms with van der Waals surface area (Å²) < 4.78 is 23.2. The van der Waals surface area contributed by atoms with Gasteiger partial charge < -0.3 is 5.32 Å². The molecule has 0 heterocycles. The average molecular weight is 318 g/mol. The third-order valence-electron chi connectivity index (χ3n) is 4.83. The molecule has 0 saturated heterocycles. The van der Waals surface area contributed by atoms with Gasteiger partial charge in [0, 0.05) is 5.75 Å². The van der Waals surface area contributed by atoms with Gasteiger partial charge in [0.1, 0.15) is 9.84 Å². The summed E-state index contributed by atoms with van der Waals surface area (Å²) in [5.41, 5.74) is 0. The molecule has 1 aliphatic rings. The van der Waals surface area contributed by atoms with Crippen LogP contribution in [-0.4, -0.2) is 33.0 Å². The second-order valence-corrected chi connectivity index (χ2v) is 9.84. The highest BCUT2D eigenvalue weighted by atomic mass is 32.2. The fourth-order valence-electron chi connectivity index (χ4n) is 3.45. The topological polar surface area (TPSA) is 46.2 Å². The van der Waals surface area contributed by atoms with E-state index < -0.39 is 9.84 Å². The summed E-state index contributed by atoms with van der Waals surface area (Å²) in [5, 5.41) is 3.60. The average Bonchev–Trinajstić information content (AvgIpc) is 2.40. The van der Waals surface area contributed by atoms with E-state index >= 15 is 0 Å². The monoisotopic (exact) mass is 317 g/mol. The molecule has 1 saturated carbocycles. The fourth-order valence-corrected chi connectivity index (χ4v) is 4.35. The number of hydrogen-bond donors (Lipinski definition) is 1. The lowest BCUT2D eigenvalue weighted by atomic mass is 9.73. The van der Waals surface area contributed by atoms with Gasteiger partial charge in [0.05, 0.1) is 5.75 Å². The summed E-state index contributed by atoms with van der Waals surface area (Å²) in [6.45, 7) is 10.8. The Morgan fingerprint density at radius 1 is 1.19 bits per heavy atom. The highest BCUT2D eigenvalue weighted by molar-refractivity contribution is 7.91. The second kappa shape index (κ2) is 9.14. The van der Waals surface area contributed by atoms with Crippen LogP contribution in [0.3, 0.4) is 0 Å². The molecule has 4 heteroatoms. The lowest BCUT2D eigenvalue weighted by Crippen LogP contribution is -2.34. The summed E-state index contributed by atoms with van der Waals surface area (Å²) in [5.74, 6) is 3.61. The molecule has 0 aromatic heterocycles. The normalized spacial score (nSPS) is 27.2. The molecular weight excluding hydrogens is 282 g/mol. The van der Waals surface area contributed by atoms with Crippen LogP contribution in [0.25, 0.3) is 0 Å². The van der Waals surface area contributed by atoms with Crippen molar-refractivity contribution >= 4 is 9.84 Å². The zero-order valence-electron chi connectivity index (χ0n) is 14.4. The molecule has 3 nitrogen and oxygen atoms in total. The van der Waals surface area contributed by atoms with Crippen molar-refractivity contribution in [3.63, 3.8) is 0 Å². The lowest BCUT2D eigenvalue weighted by molar-refractivity contribution is 0.173. The first kappa shape index (κ1) is 19.0. The van der Waals surface area contributed by atoms with Crippen molar-refractivity contribution in [1.29, 1.82) is 0 Å². The molecule has 1 fully saturated rings. The van der Waals surface area contributed by atoms with Gasteiger partial charge in [-0.05, 0) is 62.4 Å². The van der Waals surface area contributed by atoms with E-state index in [0.717, 1.165) is 37.8 Å². The Balaban J connectivity index is 2.41. The Labute approximate surface area is 132 Å². The van der Waals surface area contributed by atoms with Crippen LogP contribution in [-0.2, 0) is 9.84 Å². The van der Waals surface area contributed by atoms with Crippen LogP contribution >= 0.6 is 0 Å². The van der Waals surface area contributed by atoms with Gasteiger partial charge in [-0.3, -0.25) is 0 Å². The third kappa shape index (κ3) is 7.64. The van der Waals surface area contributed by atoms with E-state index in [1.165, 1.54) is 19.3 Å². The third-order valence-corrected chi connectivity index (χ3v) is 6.62. The zero-order chi connectivity index (χ0) is 15.9. The van der Waals surface area contributed by atoms with E-state index in [2.05, 4.69) is 26.1 Å². The van der Waals surface area contributed by atoms with Gasteiger partial charge in [0.25, 0.3) is 0 Å². The van der Waals surface area contributed by atoms with Gasteiger partial charge in [0.15, 0.2) is 0 Å². The summed E-state index contributed by atoms with van der Waals surface area (Å²) >= 11 is 0. The van der Waals surface area contributed by atoms with Crippen LogP contribution < -0.4 is 5.32 Å². The van der Waals surface area contributed by atoms with Gasteiger partial charge in [-0.15, -0.1) is 0 Å². The Morgan fingerprint density at radius 2 is 1.90 bits per heavy atom. The molecule has 1 N–H and O–H groups in total. The van der Waals surface area contributed by atoms with Crippen molar-refractivity contribution in [2.45, 2.75) is 59.8 Å². The first-order valence-electron chi connectivity index (χ1n) is 8.75. The van der Waals surface area contributed by atoms with E-state index in [0.29, 0.717) is 17.6 Å². The standard InChI is InChI=1S/C17H35NO2S/c1-5-21(19,20)10-6-7-16-11-15(4)8-9-17(16)13-18-12-14(2)3/h14-18H,5-13H2,1-4H3. The van der Waals surface area contributed by atoms with E-state index in [4.69, 9.17) is 0 Å². The molecule has 0 radical (unpaired) electrons. The van der Waals surface area contributed by atoms with E-state index in [1.54, 1.807) is 6.92 Å². The fraction of sp³-hybridized carbons (Fsp3) is 1.00. The van der Waals surface area contributed by atoms with Crippen LogP contribution in [0, 0.1) is 23.7 Å². The molecule has 0 aromatic carbocycles. The van der Waals surface area contributed by atoms with Gasteiger partial charge in [0.2, 0.25) is 0 Å². The molecule has 0 amide bonds. The van der Waals surface area contributed by atoms with Crippen molar-refractivity contribution < 1.29 is 8.42 Å². The highest BCUT2D eigenvalue weighted by Crippen LogP contribution is 2.36. The molecule has 1 aliphatic carbocycles. The largest absolute Gasteiger partial charge is 0.316 e. The van der Waals surface area contributed by atoms with Crippen LogP contribution in [0.2, 0.25) is 0 Å². The number of rotatable bonds is 9. The molecule has 1 rings (SSSR count). The van der Waals surface area contributed by atoms with Crippen molar-refractivity contribution in [2.24, 2.45) is 23.7 Å². The SMILES string of the molecule is CCS(=O)(=O)CCCC1CC(C)CCC1CNCC(C)C. The van der Waals surface area contributed by atoms with E-state index in [-0.39, 0.29) is 5.75 Å². The summed E-state index contributed by atoms with van der Waals surface area (Å²) in [6.07, 6.45) is 5.83. The van der Waals surface area contributed by atoms with Crippen LogP contribution in [0.15, 0.2) is 0 Å². The smallest absolute Gasteiger partial charge is 0.150 e. The first-order valence-corrected chi connectivity index (χ1v) is 10.6. The second-order valence-electron chi connectivity index (χ2n) is 7.37. The van der Waals surface area contributed by atoms with Crippen LogP contribution in [0.1, 0.15) is 59.8 Å². The Bertz CT molecular complexity index is 378. The predicted molar refractivity (Wildman–Crippen MR) is 91.3 cm³/mol. The molecule has 0 bridgehead atoms. The van der Waals surface area contributed by atoms with Crippen LogP contribution in [0.5, 0.6) is 0 Å². The van der Waals surface area contributed by atoms with Crippen LogP contribution in [0.4, 0.5) is 0 Å². The molecule has 3 atom stereocenters. The highest BCUT2D eigenvalue weighted by Gasteiger charge is 2.28. The molecule has 0 aromatic rings. The first-order chi connectivity index (χ1) is 9.84. The Kier molecular flexibility index (Phi) is 8.25. The molecule has 21 heavy (non-hydrogen) atoms. The number of sulfone groups is 1. The van der Waals surface area contributed by atoms with E-state index in [9.17, 15) is 8.42 Å². The summed E-state index contributed by atoms with van der Waals surface area (Å²) in [6, 6.07) is 0. The van der Waals surface area contributed by atoms with Gasteiger partial charge in [-0.25, -0.2) is 8.42 Å². The van der Waals surface area contributed by atoms with Crippen molar-refractivity contribution in [1.82, 2.24) is 5.32 Å². The molecule has 0 aliphatic heterocycles. The maximum atomic E-state index is 11.6. The van der Waals surface area contributed by atoms with E-state index in [1.807, 2.05) is 0 Å². The quantitative estimate of drug-likeness (QED) is 0.708. The summed E-state index contributed by atoms with van der Waals surface area (Å²) in [4.78, 5) is 0. The van der Waals surface area contributed by atoms with Gasteiger partial charge >= 0.3 is 0 Å². The maximum Gasteiger partial charge on any atom is 0.150 e. The zero-order valence-corrected chi connectivity index (χ0v) is 15.2. The number of nitrogens with one attached hydrogen (secondary N) is 1. The Morgan fingerprint density at radius 3 is 2.52 bits per heavy atom. The van der Waals surface area contributed by atoms with Crippen molar-refractivity contribution in [3.8, 4) is 0 Å². The molecule has 3 unspecified atom stereocenters. The van der Waals surface area contributed by atoms with Crippen molar-refractivity contribution in [3.05, 3.63) is 0 Å². The van der Waals surface area contributed by atoms with Gasteiger partial charge in [-0.2, -0.15) is 0 Å². The summed E-state index contributed by atoms with van der Waals surface area (Å²) in [7, 11) is -2.80. The lowest BCUT2D eigenvalue weighted by Gasteiger charge is -2.35. The Hall–Kier alpha value is -0.0900. The minimum absolute atomic E-state index is 0.285. The predicted octanol–water partition coefficient (Wildman–Crippen LogP) is 3.50. The minimum Gasteiger partial charge on any atom is -0.316 e. The van der Waals surface area contributed by atoms with Gasteiger partial charge in [-0.1, -0.05) is 34.1 Å². The molecule has 126 valence electrons. The molecule has 0 spiro atoms. The van der Waals surface area contributed by atoms with Crippen molar-refractivity contribution in [2.75, 3.05) is 24.6 Å².